The Morgan fingerprint density at radius 3 is 2.45 bits per heavy atom. The predicted octanol–water partition coefficient (Wildman–Crippen LogP) is 2.35. The van der Waals surface area contributed by atoms with Crippen molar-refractivity contribution in [1.29, 1.82) is 0 Å². The van der Waals surface area contributed by atoms with Gasteiger partial charge in [0.05, 0.1) is 6.61 Å². The Morgan fingerprint density at radius 1 is 1.25 bits per heavy atom. The third kappa shape index (κ3) is 3.07. The summed E-state index contributed by atoms with van der Waals surface area (Å²) in [5, 5.41) is 0. The highest BCUT2D eigenvalue weighted by molar-refractivity contribution is 6.02. The number of nitrogens with zero attached hydrogens (tertiary/aromatic N) is 1. The standard InChI is InChI=1S/C14H16FNO4/c1-14(2)12(17)16(13(18)20-14)8-3-9-19-11-6-4-10(15)5-7-11/h4-7H,3,8-9H2,1-2H3. The zero-order valence-corrected chi connectivity index (χ0v) is 11.4. The molecule has 0 atom stereocenters. The summed E-state index contributed by atoms with van der Waals surface area (Å²) in [6.07, 6.45) is -0.143. The number of ether oxygens (including phenoxy) is 2. The molecule has 0 bridgehead atoms. The van der Waals surface area contributed by atoms with Crippen LogP contribution in [0.25, 0.3) is 0 Å². The highest BCUT2D eigenvalue weighted by Crippen LogP contribution is 2.23. The fourth-order valence-corrected chi connectivity index (χ4v) is 1.86. The summed E-state index contributed by atoms with van der Waals surface area (Å²) in [6, 6.07) is 5.65. The Bertz CT molecular complexity index is 512. The van der Waals surface area contributed by atoms with Gasteiger partial charge in [0.2, 0.25) is 0 Å². The van der Waals surface area contributed by atoms with E-state index in [1.54, 1.807) is 13.8 Å². The zero-order valence-electron chi connectivity index (χ0n) is 11.4. The van der Waals surface area contributed by atoms with Gasteiger partial charge in [0.25, 0.3) is 5.91 Å². The average Bonchev–Trinajstić information content (AvgIpc) is 2.58. The molecule has 1 aliphatic heterocycles. The van der Waals surface area contributed by atoms with Crippen molar-refractivity contribution in [3.8, 4) is 5.75 Å². The van der Waals surface area contributed by atoms with E-state index >= 15 is 0 Å². The van der Waals surface area contributed by atoms with Gasteiger partial charge < -0.3 is 9.47 Å². The van der Waals surface area contributed by atoms with Crippen molar-refractivity contribution in [3.63, 3.8) is 0 Å². The van der Waals surface area contributed by atoms with Crippen LogP contribution in [0.2, 0.25) is 0 Å². The summed E-state index contributed by atoms with van der Waals surface area (Å²) in [5.41, 5.74) is -1.09. The van der Waals surface area contributed by atoms with E-state index in [9.17, 15) is 14.0 Å². The number of rotatable bonds is 5. The number of imide groups is 1. The van der Waals surface area contributed by atoms with Crippen molar-refractivity contribution in [1.82, 2.24) is 4.90 Å². The van der Waals surface area contributed by atoms with Crippen LogP contribution in [0.5, 0.6) is 5.75 Å². The SMILES string of the molecule is CC1(C)OC(=O)N(CCCOc2ccc(F)cc2)C1=O. The number of benzene rings is 1. The van der Waals surface area contributed by atoms with E-state index in [4.69, 9.17) is 9.47 Å². The molecule has 2 rings (SSSR count). The highest BCUT2D eigenvalue weighted by Gasteiger charge is 2.46. The van der Waals surface area contributed by atoms with Crippen LogP contribution in [0.4, 0.5) is 9.18 Å². The molecule has 1 saturated heterocycles. The highest BCUT2D eigenvalue weighted by atomic mass is 19.1. The van der Waals surface area contributed by atoms with Crippen LogP contribution < -0.4 is 4.74 Å². The third-order valence-corrected chi connectivity index (χ3v) is 2.93. The van der Waals surface area contributed by atoms with Crippen LogP contribution in [-0.2, 0) is 9.53 Å². The summed E-state index contributed by atoms with van der Waals surface area (Å²) in [5.74, 6) is -0.128. The van der Waals surface area contributed by atoms with Crippen LogP contribution in [0.3, 0.4) is 0 Å². The molecule has 0 unspecified atom stereocenters. The molecule has 0 aliphatic carbocycles. The van der Waals surface area contributed by atoms with E-state index in [0.29, 0.717) is 18.8 Å². The minimum Gasteiger partial charge on any atom is -0.494 e. The smallest absolute Gasteiger partial charge is 0.417 e. The first-order valence-electron chi connectivity index (χ1n) is 6.33. The first-order valence-corrected chi connectivity index (χ1v) is 6.33. The van der Waals surface area contributed by atoms with Crippen molar-refractivity contribution in [2.75, 3.05) is 13.2 Å². The van der Waals surface area contributed by atoms with Gasteiger partial charge in [-0.15, -0.1) is 0 Å². The largest absolute Gasteiger partial charge is 0.494 e. The number of carbonyl (C=O) groups is 2. The van der Waals surface area contributed by atoms with E-state index in [2.05, 4.69) is 0 Å². The monoisotopic (exact) mass is 281 g/mol. The van der Waals surface area contributed by atoms with Gasteiger partial charge in [-0.2, -0.15) is 0 Å². The van der Waals surface area contributed by atoms with E-state index in [1.807, 2.05) is 0 Å². The number of hydrogen-bond donors (Lipinski definition) is 0. The van der Waals surface area contributed by atoms with Crippen LogP contribution in [0, 0.1) is 5.82 Å². The van der Waals surface area contributed by atoms with Crippen LogP contribution in [0.1, 0.15) is 20.3 Å². The fraction of sp³-hybridized carbons (Fsp3) is 0.429. The maximum Gasteiger partial charge on any atom is 0.417 e. The van der Waals surface area contributed by atoms with Crippen LogP contribution in [0.15, 0.2) is 24.3 Å². The van der Waals surface area contributed by atoms with E-state index in [-0.39, 0.29) is 18.3 Å². The maximum atomic E-state index is 12.7. The molecular weight excluding hydrogens is 265 g/mol. The van der Waals surface area contributed by atoms with Crippen molar-refractivity contribution >= 4 is 12.0 Å². The molecule has 0 spiro atoms. The Kier molecular flexibility index (Phi) is 3.92. The minimum atomic E-state index is -1.09. The zero-order chi connectivity index (χ0) is 14.8. The molecule has 0 saturated carbocycles. The molecule has 108 valence electrons. The van der Waals surface area contributed by atoms with Crippen molar-refractivity contribution < 1.29 is 23.5 Å². The van der Waals surface area contributed by atoms with Gasteiger partial charge in [0, 0.05) is 6.54 Å². The molecule has 0 N–H and O–H groups in total. The fourth-order valence-electron chi connectivity index (χ4n) is 1.86. The number of halogens is 1. The molecule has 1 aromatic rings. The van der Waals surface area contributed by atoms with Crippen molar-refractivity contribution in [3.05, 3.63) is 30.1 Å². The van der Waals surface area contributed by atoms with E-state index in [0.717, 1.165) is 4.90 Å². The summed E-state index contributed by atoms with van der Waals surface area (Å²) in [6.45, 7) is 3.68. The predicted molar refractivity (Wildman–Crippen MR) is 68.8 cm³/mol. The lowest BCUT2D eigenvalue weighted by molar-refractivity contribution is -0.134. The van der Waals surface area contributed by atoms with Gasteiger partial charge in [0.15, 0.2) is 5.60 Å². The second kappa shape index (κ2) is 5.48. The Labute approximate surface area is 116 Å². The number of carbonyl (C=O) groups excluding carboxylic acids is 2. The number of hydrogen-bond acceptors (Lipinski definition) is 4. The number of amides is 2. The summed E-state index contributed by atoms with van der Waals surface area (Å²) in [4.78, 5) is 24.4. The normalized spacial score (nSPS) is 17.2. The lowest BCUT2D eigenvalue weighted by Gasteiger charge is -2.14. The van der Waals surface area contributed by atoms with Gasteiger partial charge >= 0.3 is 6.09 Å². The second-order valence-electron chi connectivity index (χ2n) is 4.99. The maximum absolute atomic E-state index is 12.7. The van der Waals surface area contributed by atoms with Gasteiger partial charge in [-0.3, -0.25) is 4.79 Å². The van der Waals surface area contributed by atoms with Gasteiger partial charge in [-0.05, 0) is 44.5 Å². The Morgan fingerprint density at radius 2 is 1.90 bits per heavy atom. The van der Waals surface area contributed by atoms with Crippen LogP contribution >= 0.6 is 0 Å². The molecule has 1 heterocycles. The molecule has 0 aromatic heterocycles. The number of cyclic esters (lactones) is 1. The van der Waals surface area contributed by atoms with Gasteiger partial charge in [-0.25, -0.2) is 14.1 Å². The summed E-state index contributed by atoms with van der Waals surface area (Å²) in [7, 11) is 0. The average molecular weight is 281 g/mol. The van der Waals surface area contributed by atoms with E-state index in [1.165, 1.54) is 24.3 Å². The van der Waals surface area contributed by atoms with Crippen LogP contribution in [-0.4, -0.2) is 35.7 Å². The Hall–Kier alpha value is -2.11. The molecule has 0 radical (unpaired) electrons. The molecule has 1 fully saturated rings. The lowest BCUT2D eigenvalue weighted by Crippen LogP contribution is -2.37. The first kappa shape index (κ1) is 14.3. The quantitative estimate of drug-likeness (QED) is 0.777. The van der Waals surface area contributed by atoms with Gasteiger partial charge in [-0.1, -0.05) is 0 Å². The molecule has 1 aromatic carbocycles. The minimum absolute atomic E-state index is 0.238. The van der Waals surface area contributed by atoms with E-state index < -0.39 is 11.7 Å². The molecule has 20 heavy (non-hydrogen) atoms. The molecule has 5 nitrogen and oxygen atoms in total. The molecular formula is C14H16FNO4. The molecule has 6 heteroatoms. The van der Waals surface area contributed by atoms with Crippen molar-refractivity contribution in [2.24, 2.45) is 0 Å². The summed E-state index contributed by atoms with van der Waals surface area (Å²) >= 11 is 0. The third-order valence-electron chi connectivity index (χ3n) is 2.93. The molecule has 2 amide bonds. The van der Waals surface area contributed by atoms with Crippen molar-refractivity contribution in [2.45, 2.75) is 25.9 Å². The first-order chi connectivity index (χ1) is 9.40. The second-order valence-corrected chi connectivity index (χ2v) is 4.99. The van der Waals surface area contributed by atoms with Gasteiger partial charge in [0.1, 0.15) is 11.6 Å². The topological polar surface area (TPSA) is 55.8 Å². The molecule has 1 aliphatic rings. The summed E-state index contributed by atoms with van der Waals surface area (Å²) < 4.78 is 23.0. The lowest BCUT2D eigenvalue weighted by atomic mass is 10.1. The Balaban J connectivity index is 1.78.